The van der Waals surface area contributed by atoms with Gasteiger partial charge in [-0.3, -0.25) is 4.98 Å². The fourth-order valence-electron chi connectivity index (χ4n) is 2.51. The first kappa shape index (κ1) is 14.8. The molecule has 0 saturated heterocycles. The molecule has 5 heteroatoms. The Hall–Kier alpha value is -3.08. The summed E-state index contributed by atoms with van der Waals surface area (Å²) in [6.45, 7) is 1.64. The minimum Gasteiger partial charge on any atom is -0.508 e. The quantitative estimate of drug-likeness (QED) is 0.394. The van der Waals surface area contributed by atoms with Crippen LogP contribution in [-0.2, 0) is 6.42 Å². The highest BCUT2D eigenvalue weighted by molar-refractivity contribution is 6.04. The minimum absolute atomic E-state index is 0.0185. The molecule has 4 N–H and O–H groups in total. The summed E-state index contributed by atoms with van der Waals surface area (Å²) in [5, 5.41) is 24.7. The van der Waals surface area contributed by atoms with Gasteiger partial charge in [0.1, 0.15) is 11.5 Å². The molecule has 23 heavy (non-hydrogen) atoms. The standard InChI is InChI=1S/C18H17N3O2/c1-11-17(22)9-8-14(18(11)23)16(21-19)10-13-7-6-12-4-2-3-5-15(12)20-13/h2-9,22-23H,10,19H2,1H3. The van der Waals surface area contributed by atoms with Crippen LogP contribution in [0.2, 0.25) is 0 Å². The monoisotopic (exact) mass is 307 g/mol. The van der Waals surface area contributed by atoms with Gasteiger partial charge in [-0.2, -0.15) is 5.10 Å². The molecule has 116 valence electrons. The molecule has 0 amide bonds. The lowest BCUT2D eigenvalue weighted by Gasteiger charge is -2.11. The van der Waals surface area contributed by atoms with E-state index in [2.05, 4.69) is 10.1 Å². The van der Waals surface area contributed by atoms with Crippen LogP contribution in [0.5, 0.6) is 11.5 Å². The van der Waals surface area contributed by atoms with E-state index in [4.69, 9.17) is 5.84 Å². The van der Waals surface area contributed by atoms with Gasteiger partial charge in [0.25, 0.3) is 0 Å². The molecular weight excluding hydrogens is 290 g/mol. The third-order valence-electron chi connectivity index (χ3n) is 3.87. The number of rotatable bonds is 3. The normalized spacial score (nSPS) is 11.8. The summed E-state index contributed by atoms with van der Waals surface area (Å²) in [4.78, 5) is 4.59. The Morgan fingerprint density at radius 1 is 1.09 bits per heavy atom. The average molecular weight is 307 g/mol. The number of hydrogen-bond donors (Lipinski definition) is 3. The number of para-hydroxylation sites is 1. The number of pyridine rings is 1. The molecule has 3 rings (SSSR count). The molecule has 5 nitrogen and oxygen atoms in total. The van der Waals surface area contributed by atoms with Crippen molar-refractivity contribution in [1.82, 2.24) is 4.98 Å². The molecule has 0 aliphatic rings. The smallest absolute Gasteiger partial charge is 0.131 e. The third kappa shape index (κ3) is 2.81. The zero-order valence-electron chi connectivity index (χ0n) is 12.7. The Balaban J connectivity index is 1.97. The van der Waals surface area contributed by atoms with Crippen LogP contribution in [-0.4, -0.2) is 20.9 Å². The number of nitrogens with zero attached hydrogens (tertiary/aromatic N) is 2. The van der Waals surface area contributed by atoms with Crippen LogP contribution in [0.1, 0.15) is 16.8 Å². The number of phenolic OH excluding ortho intramolecular Hbond substituents is 2. The zero-order valence-corrected chi connectivity index (χ0v) is 12.7. The van der Waals surface area contributed by atoms with Gasteiger partial charge < -0.3 is 16.1 Å². The van der Waals surface area contributed by atoms with Crippen LogP contribution in [0.4, 0.5) is 0 Å². The van der Waals surface area contributed by atoms with Gasteiger partial charge in [-0.25, -0.2) is 0 Å². The molecule has 0 radical (unpaired) electrons. The molecule has 0 aliphatic carbocycles. The summed E-state index contributed by atoms with van der Waals surface area (Å²) < 4.78 is 0. The molecule has 0 atom stereocenters. The van der Waals surface area contributed by atoms with Gasteiger partial charge in [0.15, 0.2) is 0 Å². The van der Waals surface area contributed by atoms with E-state index in [1.165, 1.54) is 6.07 Å². The molecule has 0 fully saturated rings. The van der Waals surface area contributed by atoms with E-state index in [0.29, 0.717) is 23.3 Å². The van der Waals surface area contributed by atoms with Crippen molar-refractivity contribution in [3.8, 4) is 11.5 Å². The van der Waals surface area contributed by atoms with Crippen molar-refractivity contribution in [2.24, 2.45) is 10.9 Å². The highest BCUT2D eigenvalue weighted by Gasteiger charge is 2.15. The molecule has 2 aromatic carbocycles. The second kappa shape index (κ2) is 5.96. The van der Waals surface area contributed by atoms with Crippen molar-refractivity contribution < 1.29 is 10.2 Å². The molecule has 1 aromatic heterocycles. The van der Waals surface area contributed by atoms with Gasteiger partial charge in [-0.1, -0.05) is 24.3 Å². The van der Waals surface area contributed by atoms with Crippen molar-refractivity contribution >= 4 is 16.6 Å². The van der Waals surface area contributed by atoms with Gasteiger partial charge in [0, 0.05) is 28.6 Å². The summed E-state index contributed by atoms with van der Waals surface area (Å²) >= 11 is 0. The Bertz CT molecular complexity index is 904. The van der Waals surface area contributed by atoms with Crippen molar-refractivity contribution in [3.63, 3.8) is 0 Å². The fraction of sp³-hybridized carbons (Fsp3) is 0.111. The topological polar surface area (TPSA) is 91.7 Å². The van der Waals surface area contributed by atoms with E-state index < -0.39 is 0 Å². The van der Waals surface area contributed by atoms with Gasteiger partial charge in [-0.05, 0) is 31.2 Å². The Morgan fingerprint density at radius 3 is 2.65 bits per heavy atom. The lowest BCUT2D eigenvalue weighted by molar-refractivity contribution is 0.442. The summed E-state index contributed by atoms with van der Waals surface area (Å²) in [5.74, 6) is 5.52. The molecule has 3 aromatic rings. The number of hydrogen-bond acceptors (Lipinski definition) is 5. The molecule has 0 bridgehead atoms. The van der Waals surface area contributed by atoms with E-state index >= 15 is 0 Å². The molecule has 0 saturated carbocycles. The number of fused-ring (bicyclic) bond motifs is 1. The summed E-state index contributed by atoms with van der Waals surface area (Å²) in [5.41, 5.74) is 3.10. The molecule has 1 heterocycles. The van der Waals surface area contributed by atoms with Gasteiger partial charge in [0.05, 0.1) is 11.2 Å². The fourth-order valence-corrected chi connectivity index (χ4v) is 2.51. The highest BCUT2D eigenvalue weighted by atomic mass is 16.3. The minimum atomic E-state index is -0.0185. The van der Waals surface area contributed by atoms with Crippen LogP contribution in [0.3, 0.4) is 0 Å². The van der Waals surface area contributed by atoms with Crippen molar-refractivity contribution in [1.29, 1.82) is 0 Å². The van der Waals surface area contributed by atoms with Gasteiger partial charge >= 0.3 is 0 Å². The first-order valence-electron chi connectivity index (χ1n) is 7.23. The maximum absolute atomic E-state index is 10.2. The first-order valence-corrected chi connectivity index (χ1v) is 7.23. The second-order valence-electron chi connectivity index (χ2n) is 5.35. The summed E-state index contributed by atoms with van der Waals surface area (Å²) in [6, 6.07) is 14.9. The van der Waals surface area contributed by atoms with Crippen molar-refractivity contribution in [3.05, 3.63) is 65.4 Å². The zero-order chi connectivity index (χ0) is 16.4. The molecule has 0 unspecified atom stereocenters. The Labute approximate surface area is 133 Å². The Kier molecular flexibility index (Phi) is 3.85. The number of aromatic nitrogens is 1. The van der Waals surface area contributed by atoms with E-state index in [1.807, 2.05) is 36.4 Å². The van der Waals surface area contributed by atoms with Crippen LogP contribution in [0.15, 0.2) is 53.6 Å². The first-order chi connectivity index (χ1) is 11.1. The number of nitrogens with two attached hydrogens (primary N) is 1. The van der Waals surface area contributed by atoms with Crippen molar-refractivity contribution in [2.75, 3.05) is 0 Å². The van der Waals surface area contributed by atoms with E-state index in [-0.39, 0.29) is 11.5 Å². The van der Waals surface area contributed by atoms with Crippen LogP contribution in [0.25, 0.3) is 10.9 Å². The van der Waals surface area contributed by atoms with Gasteiger partial charge in [0.2, 0.25) is 0 Å². The van der Waals surface area contributed by atoms with Gasteiger partial charge in [-0.15, -0.1) is 0 Å². The number of benzene rings is 2. The maximum Gasteiger partial charge on any atom is 0.131 e. The maximum atomic E-state index is 10.2. The number of aromatic hydroxyl groups is 2. The predicted octanol–water partition coefficient (Wildman–Crippen LogP) is 2.86. The van der Waals surface area contributed by atoms with E-state index in [1.54, 1.807) is 13.0 Å². The van der Waals surface area contributed by atoms with Crippen LogP contribution in [0, 0.1) is 6.92 Å². The predicted molar refractivity (Wildman–Crippen MR) is 90.7 cm³/mol. The molecule has 0 spiro atoms. The highest BCUT2D eigenvalue weighted by Crippen LogP contribution is 2.30. The van der Waals surface area contributed by atoms with E-state index in [0.717, 1.165) is 16.6 Å². The lowest BCUT2D eigenvalue weighted by Crippen LogP contribution is -2.10. The van der Waals surface area contributed by atoms with Crippen LogP contribution >= 0.6 is 0 Å². The van der Waals surface area contributed by atoms with Crippen LogP contribution < -0.4 is 5.84 Å². The third-order valence-corrected chi connectivity index (χ3v) is 3.87. The second-order valence-corrected chi connectivity index (χ2v) is 5.35. The summed E-state index contributed by atoms with van der Waals surface area (Å²) in [6.07, 6.45) is 0.388. The Morgan fingerprint density at radius 2 is 1.87 bits per heavy atom. The number of phenols is 2. The van der Waals surface area contributed by atoms with Crippen molar-refractivity contribution in [2.45, 2.75) is 13.3 Å². The number of hydrazone groups is 1. The largest absolute Gasteiger partial charge is 0.508 e. The molecule has 0 aliphatic heterocycles. The van der Waals surface area contributed by atoms with E-state index in [9.17, 15) is 10.2 Å². The summed E-state index contributed by atoms with van der Waals surface area (Å²) in [7, 11) is 0. The SMILES string of the molecule is Cc1c(O)ccc(C(Cc2ccc3ccccc3n2)=NN)c1O. The molecular formula is C18H17N3O2. The lowest BCUT2D eigenvalue weighted by atomic mass is 10.0. The average Bonchev–Trinajstić information content (AvgIpc) is 2.58.